The van der Waals surface area contributed by atoms with Crippen molar-refractivity contribution in [1.29, 1.82) is 0 Å². The second-order valence-electron chi connectivity index (χ2n) is 4.69. The molecule has 114 valence electrons. The Kier molecular flexibility index (Phi) is 4.97. The predicted molar refractivity (Wildman–Crippen MR) is 86.2 cm³/mol. The zero-order valence-corrected chi connectivity index (χ0v) is 13.9. The lowest BCUT2D eigenvalue weighted by atomic mass is 10.3. The molecule has 2 N–H and O–H groups in total. The third-order valence-electron chi connectivity index (χ3n) is 3.04. The standard InChI is InChI=1S/C14H19N3O2S2/c1-4-15-8-13-14(10(2)9-20-13)21(18,19)17-12-6-5-7-16-11(12)3/h5-7,9,15,17H,4,8H2,1-3H3. The fourth-order valence-corrected chi connectivity index (χ4v) is 4.90. The summed E-state index contributed by atoms with van der Waals surface area (Å²) < 4.78 is 28.0. The first-order valence-electron chi connectivity index (χ1n) is 6.67. The lowest BCUT2D eigenvalue weighted by Gasteiger charge is -2.11. The van der Waals surface area contributed by atoms with Gasteiger partial charge in [0.2, 0.25) is 0 Å². The quantitative estimate of drug-likeness (QED) is 0.856. The first-order valence-corrected chi connectivity index (χ1v) is 9.04. The second-order valence-corrected chi connectivity index (χ2v) is 7.28. The number of aryl methyl sites for hydroxylation is 2. The molecule has 7 heteroatoms. The summed E-state index contributed by atoms with van der Waals surface area (Å²) in [5.41, 5.74) is 1.93. The Balaban J connectivity index is 2.36. The van der Waals surface area contributed by atoms with Gasteiger partial charge in [-0.15, -0.1) is 11.3 Å². The monoisotopic (exact) mass is 325 g/mol. The molecule has 0 saturated heterocycles. The number of rotatable bonds is 6. The molecule has 0 aliphatic rings. The van der Waals surface area contributed by atoms with E-state index < -0.39 is 10.0 Å². The molecule has 0 aliphatic heterocycles. The maximum atomic E-state index is 12.7. The van der Waals surface area contributed by atoms with Gasteiger partial charge in [0.05, 0.1) is 11.4 Å². The van der Waals surface area contributed by atoms with Crippen LogP contribution in [0.3, 0.4) is 0 Å². The van der Waals surface area contributed by atoms with E-state index in [9.17, 15) is 8.42 Å². The lowest BCUT2D eigenvalue weighted by Crippen LogP contribution is -2.18. The molecule has 0 amide bonds. The Hall–Kier alpha value is -1.44. The number of aromatic nitrogens is 1. The van der Waals surface area contributed by atoms with Crippen LogP contribution in [-0.2, 0) is 16.6 Å². The van der Waals surface area contributed by atoms with Crippen molar-refractivity contribution < 1.29 is 8.42 Å². The van der Waals surface area contributed by atoms with Gasteiger partial charge in [0.15, 0.2) is 0 Å². The van der Waals surface area contributed by atoms with Crippen LogP contribution in [-0.4, -0.2) is 19.9 Å². The Morgan fingerprint density at radius 1 is 1.33 bits per heavy atom. The number of nitrogens with zero attached hydrogens (tertiary/aromatic N) is 1. The van der Waals surface area contributed by atoms with Gasteiger partial charge in [0.1, 0.15) is 4.90 Å². The Morgan fingerprint density at radius 3 is 2.76 bits per heavy atom. The van der Waals surface area contributed by atoms with E-state index in [0.717, 1.165) is 17.0 Å². The maximum Gasteiger partial charge on any atom is 0.263 e. The predicted octanol–water partition coefficient (Wildman–Crippen LogP) is 2.67. The van der Waals surface area contributed by atoms with E-state index in [1.54, 1.807) is 25.3 Å². The highest BCUT2D eigenvalue weighted by molar-refractivity contribution is 7.93. The van der Waals surface area contributed by atoms with Crippen molar-refractivity contribution in [2.24, 2.45) is 0 Å². The van der Waals surface area contributed by atoms with Gasteiger partial charge in [-0.3, -0.25) is 9.71 Å². The van der Waals surface area contributed by atoms with E-state index in [1.807, 2.05) is 19.2 Å². The van der Waals surface area contributed by atoms with E-state index in [2.05, 4.69) is 15.0 Å². The normalized spacial score (nSPS) is 11.6. The molecule has 0 bridgehead atoms. The van der Waals surface area contributed by atoms with E-state index in [1.165, 1.54) is 11.3 Å². The van der Waals surface area contributed by atoms with Crippen LogP contribution in [0.5, 0.6) is 0 Å². The molecule has 2 aromatic heterocycles. The van der Waals surface area contributed by atoms with Gasteiger partial charge in [-0.05, 0) is 43.5 Å². The van der Waals surface area contributed by atoms with Gasteiger partial charge >= 0.3 is 0 Å². The van der Waals surface area contributed by atoms with Crippen LogP contribution in [0.4, 0.5) is 5.69 Å². The van der Waals surface area contributed by atoms with Crippen molar-refractivity contribution in [3.05, 3.63) is 39.8 Å². The van der Waals surface area contributed by atoms with Crippen molar-refractivity contribution in [3.8, 4) is 0 Å². The van der Waals surface area contributed by atoms with Crippen LogP contribution >= 0.6 is 11.3 Å². The molecule has 0 atom stereocenters. The minimum Gasteiger partial charge on any atom is -0.312 e. The van der Waals surface area contributed by atoms with Crippen molar-refractivity contribution in [1.82, 2.24) is 10.3 Å². The Morgan fingerprint density at radius 2 is 2.10 bits per heavy atom. The maximum absolute atomic E-state index is 12.7. The van der Waals surface area contributed by atoms with Gasteiger partial charge in [-0.2, -0.15) is 0 Å². The summed E-state index contributed by atoms with van der Waals surface area (Å²) in [4.78, 5) is 5.30. The van der Waals surface area contributed by atoms with Crippen molar-refractivity contribution >= 4 is 27.0 Å². The number of anilines is 1. The van der Waals surface area contributed by atoms with Crippen molar-refractivity contribution in [3.63, 3.8) is 0 Å². The summed E-state index contributed by atoms with van der Waals surface area (Å²) in [6, 6.07) is 3.43. The number of sulfonamides is 1. The fourth-order valence-electron chi connectivity index (χ4n) is 2.00. The minimum atomic E-state index is -3.60. The van der Waals surface area contributed by atoms with E-state index in [-0.39, 0.29) is 0 Å². The molecule has 0 aromatic carbocycles. The molecule has 0 fully saturated rings. The first-order chi connectivity index (χ1) is 9.95. The van der Waals surface area contributed by atoms with Crippen LogP contribution in [0.2, 0.25) is 0 Å². The molecule has 0 aliphatic carbocycles. The number of pyridine rings is 1. The van der Waals surface area contributed by atoms with Crippen molar-refractivity contribution in [2.75, 3.05) is 11.3 Å². The number of hydrogen-bond acceptors (Lipinski definition) is 5. The van der Waals surface area contributed by atoms with Gasteiger partial charge in [-0.1, -0.05) is 6.92 Å². The Bertz CT molecular complexity index is 724. The summed E-state index contributed by atoms with van der Waals surface area (Å²) >= 11 is 1.46. The number of thiophene rings is 1. The molecule has 2 heterocycles. The highest BCUT2D eigenvalue weighted by Crippen LogP contribution is 2.29. The second kappa shape index (κ2) is 6.55. The SMILES string of the molecule is CCNCc1scc(C)c1S(=O)(=O)Nc1cccnc1C. The van der Waals surface area contributed by atoms with E-state index in [4.69, 9.17) is 0 Å². The van der Waals surface area contributed by atoms with E-state index in [0.29, 0.717) is 22.8 Å². The molecule has 2 aromatic rings. The average Bonchev–Trinajstić information content (AvgIpc) is 2.81. The van der Waals surface area contributed by atoms with Crippen LogP contribution in [0.15, 0.2) is 28.6 Å². The molecular formula is C14H19N3O2S2. The summed E-state index contributed by atoms with van der Waals surface area (Å²) in [5.74, 6) is 0. The molecule has 21 heavy (non-hydrogen) atoms. The Labute approximate surface area is 129 Å². The summed E-state index contributed by atoms with van der Waals surface area (Å²) in [5, 5.41) is 5.04. The molecule has 5 nitrogen and oxygen atoms in total. The van der Waals surface area contributed by atoms with Gasteiger partial charge in [-0.25, -0.2) is 8.42 Å². The average molecular weight is 325 g/mol. The number of hydrogen-bond donors (Lipinski definition) is 2. The number of nitrogens with one attached hydrogen (secondary N) is 2. The van der Waals surface area contributed by atoms with Crippen LogP contribution in [0.1, 0.15) is 23.1 Å². The summed E-state index contributed by atoms with van der Waals surface area (Å²) in [6.07, 6.45) is 1.64. The summed E-state index contributed by atoms with van der Waals surface area (Å²) in [7, 11) is -3.60. The van der Waals surface area contributed by atoms with E-state index >= 15 is 0 Å². The molecule has 0 unspecified atom stereocenters. The highest BCUT2D eigenvalue weighted by atomic mass is 32.2. The zero-order chi connectivity index (χ0) is 15.5. The first kappa shape index (κ1) is 15.9. The molecular weight excluding hydrogens is 306 g/mol. The van der Waals surface area contributed by atoms with Crippen LogP contribution in [0, 0.1) is 13.8 Å². The smallest absolute Gasteiger partial charge is 0.263 e. The third kappa shape index (κ3) is 3.61. The zero-order valence-electron chi connectivity index (χ0n) is 12.3. The largest absolute Gasteiger partial charge is 0.312 e. The molecule has 0 saturated carbocycles. The summed E-state index contributed by atoms with van der Waals surface area (Å²) in [6.45, 7) is 6.93. The molecule has 2 rings (SSSR count). The highest BCUT2D eigenvalue weighted by Gasteiger charge is 2.23. The van der Waals surface area contributed by atoms with Gasteiger partial charge in [0.25, 0.3) is 10.0 Å². The van der Waals surface area contributed by atoms with Gasteiger partial charge in [0, 0.05) is 17.6 Å². The third-order valence-corrected chi connectivity index (χ3v) is 5.87. The van der Waals surface area contributed by atoms with Crippen LogP contribution < -0.4 is 10.0 Å². The molecule has 0 radical (unpaired) electrons. The fraction of sp³-hybridized carbons (Fsp3) is 0.357. The lowest BCUT2D eigenvalue weighted by molar-refractivity contribution is 0.598. The molecule has 0 spiro atoms. The van der Waals surface area contributed by atoms with Crippen LogP contribution in [0.25, 0.3) is 0 Å². The topological polar surface area (TPSA) is 71.1 Å². The minimum absolute atomic E-state index is 0.372. The van der Waals surface area contributed by atoms with Gasteiger partial charge < -0.3 is 5.32 Å². The van der Waals surface area contributed by atoms with Crippen molar-refractivity contribution in [2.45, 2.75) is 32.2 Å².